The van der Waals surface area contributed by atoms with Crippen molar-refractivity contribution < 1.29 is 23.1 Å². The van der Waals surface area contributed by atoms with Gasteiger partial charge in [0.05, 0.1) is 11.8 Å². The minimum absolute atomic E-state index is 0.231. The third-order valence-electron chi connectivity index (χ3n) is 2.22. The van der Waals surface area contributed by atoms with Crippen molar-refractivity contribution in [3.63, 3.8) is 0 Å². The molecule has 1 aromatic heterocycles. The van der Waals surface area contributed by atoms with Crippen molar-refractivity contribution in [3.05, 3.63) is 54.2 Å². The van der Waals surface area contributed by atoms with Crippen LogP contribution in [0.5, 0.6) is 0 Å². The summed E-state index contributed by atoms with van der Waals surface area (Å²) in [5.74, 6) is -1.56. The zero-order valence-electron chi connectivity index (χ0n) is 9.76. The van der Waals surface area contributed by atoms with Gasteiger partial charge in [0.2, 0.25) is 0 Å². The molecule has 2 aromatic rings. The highest BCUT2D eigenvalue weighted by Crippen LogP contribution is 2.08. The Kier molecular flexibility index (Phi) is 3.92. The van der Waals surface area contributed by atoms with Crippen LogP contribution < -0.4 is 5.32 Å². The second kappa shape index (κ2) is 5.81. The molecule has 19 heavy (non-hydrogen) atoms. The van der Waals surface area contributed by atoms with Gasteiger partial charge in [0, 0.05) is 5.69 Å². The van der Waals surface area contributed by atoms with E-state index in [1.54, 1.807) is 0 Å². The highest BCUT2D eigenvalue weighted by molar-refractivity contribution is 5.95. The van der Waals surface area contributed by atoms with Crippen molar-refractivity contribution >= 4 is 17.6 Å². The monoisotopic (exact) mass is 263 g/mol. The predicted molar refractivity (Wildman–Crippen MR) is 64.0 cm³/mol. The summed E-state index contributed by atoms with van der Waals surface area (Å²) in [6.07, 6.45) is 2.55. The summed E-state index contributed by atoms with van der Waals surface area (Å²) >= 11 is 0. The first kappa shape index (κ1) is 12.8. The molecule has 0 saturated heterocycles. The Labute approximate surface area is 108 Å². The first-order chi connectivity index (χ1) is 9.15. The maximum atomic E-state index is 12.6. The molecule has 0 aliphatic heterocycles. The molecule has 1 heterocycles. The number of ether oxygens (including phenoxy) is 1. The number of halogens is 1. The zero-order chi connectivity index (χ0) is 13.7. The third-order valence-corrected chi connectivity index (χ3v) is 2.22. The number of carbonyl (C=O) groups is 2. The lowest BCUT2D eigenvalue weighted by molar-refractivity contribution is -0.119. The van der Waals surface area contributed by atoms with Crippen LogP contribution in [0.15, 0.2) is 47.3 Å². The van der Waals surface area contributed by atoms with Gasteiger partial charge in [-0.1, -0.05) is 0 Å². The van der Waals surface area contributed by atoms with Crippen LogP contribution >= 0.6 is 0 Å². The summed E-state index contributed by atoms with van der Waals surface area (Å²) in [6.45, 7) is -0.429. The molecule has 0 unspecified atom stereocenters. The second-order valence-corrected chi connectivity index (χ2v) is 3.64. The fraction of sp³-hybridized carbons (Fsp3) is 0.0769. The summed E-state index contributed by atoms with van der Waals surface area (Å²) in [4.78, 5) is 22.9. The topological polar surface area (TPSA) is 68.5 Å². The van der Waals surface area contributed by atoms with Crippen molar-refractivity contribution in [2.75, 3.05) is 11.9 Å². The van der Waals surface area contributed by atoms with Crippen molar-refractivity contribution in [2.45, 2.75) is 0 Å². The smallest absolute Gasteiger partial charge is 0.341 e. The number of benzene rings is 1. The quantitative estimate of drug-likeness (QED) is 0.859. The molecule has 0 fully saturated rings. The average Bonchev–Trinajstić information content (AvgIpc) is 2.93. The summed E-state index contributed by atoms with van der Waals surface area (Å²) < 4.78 is 22.1. The van der Waals surface area contributed by atoms with Gasteiger partial charge in [0.15, 0.2) is 6.61 Å². The normalized spacial score (nSPS) is 9.95. The van der Waals surface area contributed by atoms with E-state index in [0.29, 0.717) is 5.69 Å². The van der Waals surface area contributed by atoms with E-state index < -0.39 is 24.3 Å². The Hall–Kier alpha value is -2.63. The van der Waals surface area contributed by atoms with Gasteiger partial charge in [0.25, 0.3) is 5.91 Å². The first-order valence-electron chi connectivity index (χ1n) is 5.40. The molecule has 98 valence electrons. The van der Waals surface area contributed by atoms with Crippen LogP contribution in [0.3, 0.4) is 0 Å². The number of hydrogen-bond acceptors (Lipinski definition) is 4. The number of anilines is 1. The minimum Gasteiger partial charge on any atom is -0.472 e. The molecule has 6 heteroatoms. The number of carbonyl (C=O) groups excluding carboxylic acids is 2. The van der Waals surface area contributed by atoms with Crippen molar-refractivity contribution in [1.29, 1.82) is 0 Å². The van der Waals surface area contributed by atoms with Crippen LogP contribution in [0.4, 0.5) is 10.1 Å². The van der Waals surface area contributed by atoms with E-state index in [0.717, 1.165) is 0 Å². The summed E-state index contributed by atoms with van der Waals surface area (Å²) in [5, 5.41) is 2.46. The molecular formula is C13H10FNO4. The van der Waals surface area contributed by atoms with E-state index >= 15 is 0 Å². The summed E-state index contributed by atoms with van der Waals surface area (Å²) in [7, 11) is 0. The van der Waals surface area contributed by atoms with Crippen molar-refractivity contribution in [3.8, 4) is 0 Å². The van der Waals surface area contributed by atoms with Gasteiger partial charge < -0.3 is 14.5 Å². The Bertz CT molecular complexity index is 563. The van der Waals surface area contributed by atoms with Crippen LogP contribution in [-0.4, -0.2) is 18.5 Å². The fourth-order valence-electron chi connectivity index (χ4n) is 1.33. The van der Waals surface area contributed by atoms with Gasteiger partial charge in [-0.2, -0.15) is 0 Å². The highest BCUT2D eigenvalue weighted by atomic mass is 19.1. The summed E-state index contributed by atoms with van der Waals surface area (Å²) in [6, 6.07) is 6.68. The van der Waals surface area contributed by atoms with Crippen molar-refractivity contribution in [2.24, 2.45) is 0 Å². The fourth-order valence-corrected chi connectivity index (χ4v) is 1.33. The Morgan fingerprint density at radius 1 is 1.21 bits per heavy atom. The molecule has 2 rings (SSSR count). The molecule has 1 N–H and O–H groups in total. The average molecular weight is 263 g/mol. The molecular weight excluding hydrogens is 253 g/mol. The first-order valence-corrected chi connectivity index (χ1v) is 5.40. The van der Waals surface area contributed by atoms with Gasteiger partial charge in [0.1, 0.15) is 12.1 Å². The summed E-state index contributed by atoms with van der Waals surface area (Å²) in [5.41, 5.74) is 0.653. The SMILES string of the molecule is O=C(COC(=O)c1ccoc1)Nc1ccc(F)cc1. The van der Waals surface area contributed by atoms with Gasteiger partial charge in [-0.15, -0.1) is 0 Å². The van der Waals surface area contributed by atoms with Gasteiger partial charge in [-0.3, -0.25) is 4.79 Å². The number of rotatable bonds is 4. The van der Waals surface area contributed by atoms with E-state index in [2.05, 4.69) is 5.32 Å². The lowest BCUT2D eigenvalue weighted by Gasteiger charge is -2.05. The van der Waals surface area contributed by atoms with Gasteiger partial charge >= 0.3 is 5.97 Å². The molecule has 1 amide bonds. The standard InChI is InChI=1S/C13H10FNO4/c14-10-1-3-11(4-2-10)15-12(16)8-19-13(17)9-5-6-18-7-9/h1-7H,8H2,(H,15,16). The second-order valence-electron chi connectivity index (χ2n) is 3.64. The Morgan fingerprint density at radius 2 is 1.95 bits per heavy atom. The van der Waals surface area contributed by atoms with Crippen LogP contribution in [0.25, 0.3) is 0 Å². The molecule has 0 atom stereocenters. The van der Waals surface area contributed by atoms with Crippen LogP contribution in [-0.2, 0) is 9.53 Å². The largest absolute Gasteiger partial charge is 0.472 e. The number of nitrogens with one attached hydrogen (secondary N) is 1. The predicted octanol–water partition coefficient (Wildman–Crippen LogP) is 2.21. The van der Waals surface area contributed by atoms with E-state index in [9.17, 15) is 14.0 Å². The zero-order valence-corrected chi connectivity index (χ0v) is 9.76. The van der Waals surface area contributed by atoms with Crippen LogP contribution in [0, 0.1) is 5.82 Å². The van der Waals surface area contributed by atoms with Gasteiger partial charge in [-0.25, -0.2) is 9.18 Å². The number of hydrogen-bond donors (Lipinski definition) is 1. The Balaban J connectivity index is 1.82. The van der Waals surface area contributed by atoms with E-state index in [4.69, 9.17) is 9.15 Å². The highest BCUT2D eigenvalue weighted by Gasteiger charge is 2.11. The maximum absolute atomic E-state index is 12.6. The van der Waals surface area contributed by atoms with Crippen molar-refractivity contribution in [1.82, 2.24) is 0 Å². The minimum atomic E-state index is -0.650. The Morgan fingerprint density at radius 3 is 2.58 bits per heavy atom. The molecule has 1 aromatic carbocycles. The molecule has 0 radical (unpaired) electrons. The van der Waals surface area contributed by atoms with E-state index in [-0.39, 0.29) is 5.56 Å². The molecule has 5 nitrogen and oxygen atoms in total. The molecule has 0 spiro atoms. The number of furan rings is 1. The van der Waals surface area contributed by atoms with Crippen LogP contribution in [0.2, 0.25) is 0 Å². The lowest BCUT2D eigenvalue weighted by atomic mass is 10.3. The molecule has 0 aliphatic rings. The lowest BCUT2D eigenvalue weighted by Crippen LogP contribution is -2.20. The number of amides is 1. The molecule has 0 aliphatic carbocycles. The van der Waals surface area contributed by atoms with E-state index in [1.807, 2.05) is 0 Å². The number of esters is 1. The maximum Gasteiger partial charge on any atom is 0.341 e. The van der Waals surface area contributed by atoms with Crippen LogP contribution in [0.1, 0.15) is 10.4 Å². The third kappa shape index (κ3) is 3.67. The van der Waals surface area contributed by atoms with Gasteiger partial charge in [-0.05, 0) is 30.3 Å². The molecule has 0 saturated carbocycles. The molecule has 0 bridgehead atoms. The van der Waals surface area contributed by atoms with E-state index in [1.165, 1.54) is 42.9 Å².